The number of primary amides is 1. The number of piperidine rings is 1. The molecule has 0 spiro atoms. The van der Waals surface area contributed by atoms with Gasteiger partial charge in [-0.1, -0.05) is 26.0 Å². The van der Waals surface area contributed by atoms with Crippen LogP contribution in [0.5, 0.6) is 0 Å². The van der Waals surface area contributed by atoms with E-state index in [-0.39, 0.29) is 17.7 Å². The molecule has 2 aromatic rings. The lowest BCUT2D eigenvalue weighted by Gasteiger charge is -2.42. The lowest BCUT2D eigenvalue weighted by Crippen LogP contribution is -2.53. The molecule has 3 N–H and O–H groups in total. The number of fused-ring (bicyclic) bond motifs is 1. The maximum Gasteiger partial charge on any atom is 0.240 e. The summed E-state index contributed by atoms with van der Waals surface area (Å²) < 4.78 is 0. The first-order chi connectivity index (χ1) is 16.3. The van der Waals surface area contributed by atoms with Crippen LogP contribution in [0.4, 0.5) is 5.82 Å². The van der Waals surface area contributed by atoms with Crippen LogP contribution in [0.15, 0.2) is 24.3 Å². The van der Waals surface area contributed by atoms with E-state index in [2.05, 4.69) is 15.1 Å². The molecule has 0 aliphatic carbocycles. The van der Waals surface area contributed by atoms with Crippen LogP contribution in [0.2, 0.25) is 0 Å². The van der Waals surface area contributed by atoms with E-state index in [9.17, 15) is 9.59 Å². The molecule has 2 aliphatic heterocycles. The fourth-order valence-electron chi connectivity index (χ4n) is 5.05. The monoisotopic (exact) mass is 467 g/mol. The third kappa shape index (κ3) is 5.64. The molecule has 0 radical (unpaired) electrons. The van der Waals surface area contributed by atoms with E-state index in [0.717, 1.165) is 68.8 Å². The summed E-state index contributed by atoms with van der Waals surface area (Å²) in [5.74, 6) is 1.25. The predicted octanol–water partition coefficient (Wildman–Crippen LogP) is 1.68. The van der Waals surface area contributed by atoms with Gasteiger partial charge in [-0.25, -0.2) is 9.97 Å². The van der Waals surface area contributed by atoms with Crippen LogP contribution in [0, 0.1) is 5.92 Å². The molecule has 2 aliphatic rings. The molecule has 4 rings (SSSR count). The first-order valence-corrected chi connectivity index (χ1v) is 12.3. The van der Waals surface area contributed by atoms with Crippen LogP contribution in [0.25, 0.3) is 10.9 Å². The number of para-hydroxylation sites is 1. The molecule has 0 bridgehead atoms. The van der Waals surface area contributed by atoms with Crippen molar-refractivity contribution in [2.45, 2.75) is 52.2 Å². The Morgan fingerprint density at radius 3 is 2.35 bits per heavy atom. The molecule has 0 unspecified atom stereocenters. The van der Waals surface area contributed by atoms with Gasteiger partial charge in [-0.15, -0.1) is 0 Å². The van der Waals surface area contributed by atoms with E-state index < -0.39 is 6.04 Å². The van der Waals surface area contributed by atoms with Crippen molar-refractivity contribution in [2.24, 2.45) is 11.7 Å². The molecular weight excluding hydrogens is 430 g/mol. The van der Waals surface area contributed by atoms with Crippen LogP contribution < -0.4 is 11.1 Å². The summed E-state index contributed by atoms with van der Waals surface area (Å²) in [6.07, 6.45) is 2.11. The highest BCUT2D eigenvalue weighted by Gasteiger charge is 2.28. The molecule has 2 saturated heterocycles. The van der Waals surface area contributed by atoms with Gasteiger partial charge >= 0.3 is 0 Å². The van der Waals surface area contributed by atoms with Crippen molar-refractivity contribution >= 4 is 28.5 Å². The molecular formula is C25H37N7O2. The van der Waals surface area contributed by atoms with Crippen LogP contribution in [0.1, 0.15) is 39.4 Å². The lowest BCUT2D eigenvalue weighted by atomic mass is 10.0. The van der Waals surface area contributed by atoms with E-state index >= 15 is 0 Å². The van der Waals surface area contributed by atoms with Crippen LogP contribution in [0.3, 0.4) is 0 Å². The van der Waals surface area contributed by atoms with Crippen molar-refractivity contribution < 1.29 is 9.59 Å². The normalized spacial score (nSPS) is 19.5. The Morgan fingerprint density at radius 1 is 1.06 bits per heavy atom. The van der Waals surface area contributed by atoms with E-state index in [1.54, 1.807) is 6.92 Å². The number of rotatable bonds is 7. The molecule has 2 amide bonds. The topological polar surface area (TPSA) is 108 Å². The summed E-state index contributed by atoms with van der Waals surface area (Å²) in [6.45, 7) is 11.9. The number of amides is 2. The Kier molecular flexibility index (Phi) is 7.63. The number of carbonyl (C=O) groups excluding carboxylic acids is 2. The Balaban J connectivity index is 1.41. The third-order valence-electron chi connectivity index (χ3n) is 7.11. The molecule has 1 aromatic heterocycles. The van der Waals surface area contributed by atoms with Gasteiger partial charge in [0.25, 0.3) is 0 Å². The quantitative estimate of drug-likeness (QED) is 0.638. The molecule has 9 heteroatoms. The van der Waals surface area contributed by atoms with Crippen LogP contribution in [-0.4, -0.2) is 87.8 Å². The van der Waals surface area contributed by atoms with E-state index in [1.807, 2.05) is 43.0 Å². The highest BCUT2D eigenvalue weighted by atomic mass is 16.2. The summed E-state index contributed by atoms with van der Waals surface area (Å²) in [6, 6.07) is 7.93. The Bertz CT molecular complexity index is 1010. The van der Waals surface area contributed by atoms with Crippen molar-refractivity contribution in [3.63, 3.8) is 0 Å². The standard InChI is InChI=1S/C25H37N7O2/c1-17(2)23(24(26)34)29-25-20-6-4-5-7-21(20)27-22(28-25)16-30-12-14-32(15-13-30)19-8-10-31(11-9-19)18(3)33/h4-7,17,19,23H,8-16H2,1-3H3,(H2,26,34)(H,27,28,29)/t23-/m0/s1. The number of anilines is 1. The zero-order valence-electron chi connectivity index (χ0n) is 20.5. The van der Waals surface area contributed by atoms with E-state index in [0.29, 0.717) is 18.4 Å². The summed E-state index contributed by atoms with van der Waals surface area (Å²) in [5.41, 5.74) is 6.50. The molecule has 34 heavy (non-hydrogen) atoms. The van der Waals surface area contributed by atoms with Gasteiger partial charge in [0.1, 0.15) is 17.7 Å². The van der Waals surface area contributed by atoms with Gasteiger partial charge in [-0.3, -0.25) is 19.4 Å². The van der Waals surface area contributed by atoms with Crippen molar-refractivity contribution in [3.05, 3.63) is 30.1 Å². The zero-order valence-corrected chi connectivity index (χ0v) is 20.5. The Labute approximate surface area is 201 Å². The summed E-state index contributed by atoms with van der Waals surface area (Å²) in [4.78, 5) is 40.1. The van der Waals surface area contributed by atoms with Crippen LogP contribution >= 0.6 is 0 Å². The Morgan fingerprint density at radius 2 is 1.74 bits per heavy atom. The Hall–Kier alpha value is -2.78. The largest absolute Gasteiger partial charge is 0.368 e. The fraction of sp³-hybridized carbons (Fsp3) is 0.600. The number of aromatic nitrogens is 2. The van der Waals surface area contributed by atoms with Gasteiger partial charge in [-0.05, 0) is 30.9 Å². The van der Waals surface area contributed by atoms with E-state index in [4.69, 9.17) is 15.7 Å². The van der Waals surface area contributed by atoms with Gasteiger partial charge in [0.2, 0.25) is 11.8 Å². The highest BCUT2D eigenvalue weighted by Crippen LogP contribution is 2.24. The number of likely N-dealkylation sites (tertiary alicyclic amines) is 1. The summed E-state index contributed by atoms with van der Waals surface area (Å²) >= 11 is 0. The molecule has 0 saturated carbocycles. The minimum absolute atomic E-state index is 0.0464. The number of hydrogen-bond acceptors (Lipinski definition) is 7. The third-order valence-corrected chi connectivity index (χ3v) is 7.11. The number of piperazine rings is 1. The number of hydrogen-bond donors (Lipinski definition) is 2. The second-order valence-corrected chi connectivity index (χ2v) is 9.82. The molecule has 9 nitrogen and oxygen atoms in total. The van der Waals surface area contributed by atoms with Gasteiger partial charge in [0, 0.05) is 57.6 Å². The zero-order chi connectivity index (χ0) is 24.2. The van der Waals surface area contributed by atoms with Crippen molar-refractivity contribution in [1.29, 1.82) is 0 Å². The number of benzene rings is 1. The van der Waals surface area contributed by atoms with Crippen LogP contribution in [-0.2, 0) is 16.1 Å². The smallest absolute Gasteiger partial charge is 0.240 e. The van der Waals surface area contributed by atoms with Gasteiger partial charge in [-0.2, -0.15) is 0 Å². The lowest BCUT2D eigenvalue weighted by molar-refractivity contribution is -0.130. The first-order valence-electron chi connectivity index (χ1n) is 12.3. The maximum atomic E-state index is 12.0. The van der Waals surface area contributed by atoms with Crippen molar-refractivity contribution in [3.8, 4) is 0 Å². The first kappa shape index (κ1) is 24.3. The minimum atomic E-state index is -0.496. The second-order valence-electron chi connectivity index (χ2n) is 9.82. The SMILES string of the molecule is CC(=O)N1CCC(N2CCN(Cc3nc(N[C@H](C(N)=O)C(C)C)c4ccccc4n3)CC2)CC1. The fourth-order valence-corrected chi connectivity index (χ4v) is 5.05. The van der Waals surface area contributed by atoms with Gasteiger partial charge in [0.05, 0.1) is 12.1 Å². The highest BCUT2D eigenvalue weighted by molar-refractivity contribution is 5.91. The maximum absolute atomic E-state index is 12.0. The average molecular weight is 468 g/mol. The molecule has 184 valence electrons. The van der Waals surface area contributed by atoms with Crippen molar-refractivity contribution in [2.75, 3.05) is 44.6 Å². The molecule has 2 fully saturated rings. The van der Waals surface area contributed by atoms with Gasteiger partial charge < -0.3 is 16.0 Å². The molecule has 1 atom stereocenters. The average Bonchev–Trinajstić information content (AvgIpc) is 2.82. The molecule has 1 aromatic carbocycles. The van der Waals surface area contributed by atoms with Crippen molar-refractivity contribution in [1.82, 2.24) is 24.7 Å². The summed E-state index contributed by atoms with van der Waals surface area (Å²) in [7, 11) is 0. The molecule has 3 heterocycles. The summed E-state index contributed by atoms with van der Waals surface area (Å²) in [5, 5.41) is 4.17. The second kappa shape index (κ2) is 10.7. The number of carbonyl (C=O) groups is 2. The number of nitrogens with zero attached hydrogens (tertiary/aromatic N) is 5. The van der Waals surface area contributed by atoms with E-state index in [1.165, 1.54) is 0 Å². The number of nitrogens with one attached hydrogen (secondary N) is 1. The number of nitrogens with two attached hydrogens (primary N) is 1. The van der Waals surface area contributed by atoms with Gasteiger partial charge in [0.15, 0.2) is 0 Å². The minimum Gasteiger partial charge on any atom is -0.368 e. The predicted molar refractivity (Wildman–Crippen MR) is 133 cm³/mol.